The van der Waals surface area contributed by atoms with Crippen molar-refractivity contribution in [1.82, 2.24) is 42.5 Å². The van der Waals surface area contributed by atoms with Crippen molar-refractivity contribution >= 4 is 54.4 Å². The Morgan fingerprint density at radius 1 is 0.753 bits per heavy atom. The number of carbonyl (C=O) groups excluding carboxylic acids is 9. The first-order valence-corrected chi connectivity index (χ1v) is 25.3. The van der Waals surface area contributed by atoms with Crippen LogP contribution in [0.15, 0.2) is 30.3 Å². The van der Waals surface area contributed by atoms with E-state index in [0.29, 0.717) is 31.8 Å². The number of nitrogens with two attached hydrogens (primary N) is 4. The predicted octanol–water partition coefficient (Wildman–Crippen LogP) is -3.28. The van der Waals surface area contributed by atoms with Crippen LogP contribution in [0.2, 0.25) is 0 Å². The molecule has 1 aliphatic heterocycles. The van der Waals surface area contributed by atoms with Crippen LogP contribution in [0.3, 0.4) is 0 Å². The number of aryl methyl sites for hydroxylation is 1. The lowest BCUT2D eigenvalue weighted by molar-refractivity contribution is -0.135. The lowest BCUT2D eigenvalue weighted by Crippen LogP contribution is -2.60. The maximum absolute atomic E-state index is 13.1. The average molecular weight is 1100 g/mol. The fraction of sp³-hybridized carbons (Fsp3) is 0.680. The number of aliphatic hydroxyl groups is 4. The van der Waals surface area contributed by atoms with Crippen molar-refractivity contribution < 1.29 is 68.3 Å². The van der Waals surface area contributed by atoms with Crippen molar-refractivity contribution in [2.45, 2.75) is 142 Å². The molecular formula is C50H97N13O14. The van der Waals surface area contributed by atoms with Gasteiger partial charge in [0, 0.05) is 33.3 Å². The normalized spacial score (nSPS) is 13.1. The molecule has 0 aliphatic carbocycles. The fourth-order valence-corrected chi connectivity index (χ4v) is 5.62. The van der Waals surface area contributed by atoms with Crippen LogP contribution in [0.25, 0.3) is 0 Å². The van der Waals surface area contributed by atoms with Gasteiger partial charge in [-0.1, -0.05) is 56.7 Å². The van der Waals surface area contributed by atoms with Gasteiger partial charge in [0.05, 0.1) is 31.2 Å². The highest BCUT2D eigenvalue weighted by Gasteiger charge is 2.32. The van der Waals surface area contributed by atoms with E-state index >= 15 is 0 Å². The second-order valence-electron chi connectivity index (χ2n) is 16.6. The van der Waals surface area contributed by atoms with E-state index in [-0.39, 0.29) is 76.7 Å². The quantitative estimate of drug-likeness (QED) is 0.0212. The van der Waals surface area contributed by atoms with Crippen LogP contribution in [0, 0.1) is 24.4 Å². The lowest BCUT2D eigenvalue weighted by atomic mass is 10.0. The molecule has 0 saturated carbocycles. The Morgan fingerprint density at radius 2 is 1.23 bits per heavy atom. The molecule has 1 aromatic rings. The van der Waals surface area contributed by atoms with E-state index in [9.17, 15) is 48.3 Å². The van der Waals surface area contributed by atoms with Crippen LogP contribution < -0.4 is 65.5 Å². The minimum absolute atomic E-state index is 0.00936. The van der Waals surface area contributed by atoms with E-state index in [1.165, 1.54) is 39.3 Å². The summed E-state index contributed by atoms with van der Waals surface area (Å²) in [5, 5.41) is 59.8. The molecule has 0 aromatic heterocycles. The Hall–Kier alpha value is -6.22. The zero-order valence-electron chi connectivity index (χ0n) is 46.9. The van der Waals surface area contributed by atoms with Crippen molar-refractivity contribution in [1.29, 1.82) is 5.26 Å². The Morgan fingerprint density at radius 3 is 1.58 bits per heavy atom. The standard InChI is InChI=1S/C27H51N9O8.C7H8.C6H11NO3.C4H8O.C3H9N.CHNO.CH5N.CH4O/c1-16(2)13-21(32-15-38)26(43)35-19(7-10-29)24(41)34-20(8-11-30)25(42)36-23(17(3)39)27(44)31-12-4-5-22(40)33-18(14-37)6-9-28;1-7-5-3-2-4-6-7;1-5(9)4-6(10)7-2-3-8;1-2-4-5-3-1;1-3-4-2;2-1-3;2*1-2/h14-21,23,39H,4-13,28-30H2,1-3H3,(H,31,44)(H,32,38)(H,33,40)(H,34,41)(H,35,43)(H,36,42);2-6H,1H3;3,5,9H,2,4H2,1H3,(H,7,10);1-4H2;4H,3H2,1-2H3;3H;2H2,1H3;2H,1H3/t;;5-;;;;;/m..1...../s1. The summed E-state index contributed by atoms with van der Waals surface area (Å²) in [6.45, 7) is 14.0. The van der Waals surface area contributed by atoms with Gasteiger partial charge in [0.25, 0.3) is 6.26 Å². The number of hydrogen-bond acceptors (Lipinski definition) is 20. The summed E-state index contributed by atoms with van der Waals surface area (Å²) in [6, 6.07) is 4.94. The first-order chi connectivity index (χ1) is 36.7. The van der Waals surface area contributed by atoms with Crippen LogP contribution in [0.5, 0.6) is 0 Å². The third-order valence-electron chi connectivity index (χ3n) is 9.38. The topological polar surface area (TPSA) is 468 Å². The predicted molar refractivity (Wildman–Crippen MR) is 293 cm³/mol. The zero-order chi connectivity index (χ0) is 60.4. The maximum atomic E-state index is 13.1. The van der Waals surface area contributed by atoms with Crippen molar-refractivity contribution in [2.24, 2.45) is 28.9 Å². The smallest absolute Gasteiger partial charge is 0.283 e. The van der Waals surface area contributed by atoms with Crippen LogP contribution in [-0.4, -0.2) is 191 Å². The van der Waals surface area contributed by atoms with E-state index < -0.39 is 72.0 Å². The van der Waals surface area contributed by atoms with Gasteiger partial charge in [0.15, 0.2) is 0 Å². The first-order valence-electron chi connectivity index (χ1n) is 25.3. The van der Waals surface area contributed by atoms with Crippen LogP contribution in [0.1, 0.15) is 98.0 Å². The molecule has 0 spiro atoms. The lowest BCUT2D eigenvalue weighted by Gasteiger charge is -2.27. The summed E-state index contributed by atoms with van der Waals surface area (Å²) in [5.74, 6) is -3.49. The number of carbonyl (C=O) groups is 9. The van der Waals surface area contributed by atoms with Gasteiger partial charge in [-0.25, -0.2) is 0 Å². The van der Waals surface area contributed by atoms with E-state index in [4.69, 9.17) is 42.5 Å². The molecule has 1 saturated heterocycles. The Bertz CT molecular complexity index is 1660. The molecule has 0 bridgehead atoms. The molecule has 20 N–H and O–H groups in total. The van der Waals surface area contributed by atoms with Gasteiger partial charge in [-0.05, 0) is 112 Å². The summed E-state index contributed by atoms with van der Waals surface area (Å²) in [4.78, 5) is 106. The maximum Gasteiger partial charge on any atom is 0.283 e. The monoisotopic (exact) mass is 1100 g/mol. The van der Waals surface area contributed by atoms with Crippen molar-refractivity contribution in [3.05, 3.63) is 35.9 Å². The molecule has 0 radical (unpaired) electrons. The third kappa shape index (κ3) is 54.4. The largest absolute Gasteiger partial charge is 0.443 e. The molecule has 27 heteroatoms. The second kappa shape index (κ2) is 60.6. The molecule has 6 unspecified atom stereocenters. The molecule has 27 nitrogen and oxygen atoms in total. The number of rotatable bonds is 29. The van der Waals surface area contributed by atoms with Gasteiger partial charge in [-0.2, -0.15) is 5.26 Å². The third-order valence-corrected chi connectivity index (χ3v) is 9.38. The molecule has 7 atom stereocenters. The molecule has 2 rings (SSSR count). The van der Waals surface area contributed by atoms with Gasteiger partial charge in [0.1, 0.15) is 36.7 Å². The summed E-state index contributed by atoms with van der Waals surface area (Å²) in [6.07, 6.45) is 3.82. The molecule has 446 valence electrons. The molecule has 1 aliphatic rings. The number of hydrogen-bond donors (Lipinski definition) is 16. The molecular weight excluding hydrogens is 1010 g/mol. The van der Waals surface area contributed by atoms with Crippen LogP contribution in [0.4, 0.5) is 0 Å². The highest BCUT2D eigenvalue weighted by atomic mass is 16.5. The fourth-order valence-electron chi connectivity index (χ4n) is 5.62. The van der Waals surface area contributed by atoms with Crippen molar-refractivity contribution in [3.8, 4) is 6.26 Å². The van der Waals surface area contributed by atoms with Gasteiger partial charge in [-0.15, -0.1) is 0 Å². The average Bonchev–Trinajstić information content (AvgIpc) is 4.00. The number of aldehydes is 2. The Kier molecular flexibility index (Phi) is 64.7. The van der Waals surface area contributed by atoms with E-state index in [1.54, 1.807) is 0 Å². The SMILES string of the molecule is C1CCOC1.CC(C)CC(NC=O)C(=O)NC(CCN)C(=O)NC(CCN)C(=O)NC(C(=O)NCCCC(=O)NC(C=O)CCN)C(C)O.CCNC.CN.CO.C[C@@H](O)CC(=O)NCC=O.Cc1ccccc1.N#CO. The van der Waals surface area contributed by atoms with Crippen molar-refractivity contribution in [2.75, 3.05) is 73.7 Å². The van der Waals surface area contributed by atoms with Gasteiger partial charge in [0.2, 0.25) is 41.9 Å². The Labute approximate surface area is 455 Å². The number of benzene rings is 1. The summed E-state index contributed by atoms with van der Waals surface area (Å²) in [7, 11) is 4.43. The highest BCUT2D eigenvalue weighted by molar-refractivity contribution is 5.95. The number of nitrogens with one attached hydrogen (secondary N) is 8. The van der Waals surface area contributed by atoms with Crippen molar-refractivity contribution in [3.63, 3.8) is 0 Å². The van der Waals surface area contributed by atoms with Crippen LogP contribution in [-0.2, 0) is 47.9 Å². The number of amides is 7. The summed E-state index contributed by atoms with van der Waals surface area (Å²) >= 11 is 0. The van der Waals surface area contributed by atoms with Gasteiger partial charge in [-0.3, -0.25) is 33.6 Å². The van der Waals surface area contributed by atoms with Crippen LogP contribution >= 0.6 is 0 Å². The summed E-state index contributed by atoms with van der Waals surface area (Å²) in [5.41, 5.74) is 22.5. The van der Waals surface area contributed by atoms with E-state index in [0.717, 1.165) is 33.1 Å². The first kappa shape index (κ1) is 82.1. The molecule has 7 amide bonds. The number of nitriles is 1. The molecule has 1 aromatic carbocycles. The highest BCUT2D eigenvalue weighted by Crippen LogP contribution is 2.07. The summed E-state index contributed by atoms with van der Waals surface area (Å²) < 4.78 is 4.94. The van der Waals surface area contributed by atoms with E-state index in [1.807, 2.05) is 39.1 Å². The van der Waals surface area contributed by atoms with Gasteiger partial charge < -0.3 is 100 Å². The molecule has 77 heavy (non-hydrogen) atoms. The van der Waals surface area contributed by atoms with Gasteiger partial charge >= 0.3 is 0 Å². The number of aliphatic hydroxyl groups excluding tert-OH is 4. The van der Waals surface area contributed by atoms with E-state index in [2.05, 4.69) is 74.2 Å². The minimum Gasteiger partial charge on any atom is -0.443 e. The number of ether oxygens (including phenoxy) is 1. The Balaban J connectivity index is -0.000000302. The number of nitrogens with zero attached hydrogens (tertiary/aromatic N) is 1. The second-order valence-corrected chi connectivity index (χ2v) is 16.6. The molecule has 1 fully saturated rings. The minimum atomic E-state index is -1.40. The zero-order valence-corrected chi connectivity index (χ0v) is 46.9. The molecule has 1 heterocycles.